The maximum absolute atomic E-state index is 13.6. The first-order chi connectivity index (χ1) is 14.9. The molecule has 31 heavy (non-hydrogen) atoms. The van der Waals surface area contributed by atoms with Crippen LogP contribution in [-0.2, 0) is 12.7 Å². The minimum absolute atomic E-state index is 0.0288. The predicted octanol–water partition coefficient (Wildman–Crippen LogP) is 5.71. The van der Waals surface area contributed by atoms with E-state index in [2.05, 4.69) is 15.5 Å². The van der Waals surface area contributed by atoms with Crippen LogP contribution in [0, 0.1) is 0 Å². The molecule has 5 nitrogen and oxygen atoms in total. The summed E-state index contributed by atoms with van der Waals surface area (Å²) in [6.45, 7) is 5.17. The third-order valence-electron chi connectivity index (χ3n) is 4.85. The van der Waals surface area contributed by atoms with Crippen LogP contribution in [0.5, 0.6) is 0 Å². The normalized spacial score (nSPS) is 13.6. The summed E-state index contributed by atoms with van der Waals surface area (Å²) in [6.07, 6.45) is -2.90. The van der Waals surface area contributed by atoms with Crippen LogP contribution in [-0.4, -0.2) is 29.2 Å². The van der Waals surface area contributed by atoms with Crippen molar-refractivity contribution in [2.45, 2.75) is 39.4 Å². The smallest absolute Gasteiger partial charge is 0.370 e. The van der Waals surface area contributed by atoms with Gasteiger partial charge in [0.25, 0.3) is 5.91 Å². The highest BCUT2D eigenvalue weighted by molar-refractivity contribution is 7.13. The predicted molar refractivity (Wildman–Crippen MR) is 117 cm³/mol. The summed E-state index contributed by atoms with van der Waals surface area (Å²) < 4.78 is 40.7. The Morgan fingerprint density at radius 3 is 2.58 bits per heavy atom. The molecule has 0 atom stereocenters. The summed E-state index contributed by atoms with van der Waals surface area (Å²) in [4.78, 5) is 15.4. The number of amides is 1. The van der Waals surface area contributed by atoms with Gasteiger partial charge in [0.1, 0.15) is 5.69 Å². The van der Waals surface area contributed by atoms with Gasteiger partial charge in [-0.05, 0) is 42.5 Å². The Morgan fingerprint density at radius 2 is 1.94 bits per heavy atom. The average Bonchev–Trinajstić information content (AvgIpc) is 3.54. The molecule has 1 saturated heterocycles. The van der Waals surface area contributed by atoms with Crippen LogP contribution in [0.15, 0.2) is 41.8 Å². The SMILES string of the molecule is CC.O=C(NCc1cc(-c2cccs2)n[nH]1)c1cccc(C(F)(F)F)c1N1CCCC1. The standard InChI is InChI=1S/C20H19F3N4OS.C2H6/c21-20(22,23)15-6-3-5-14(18(15)27-8-1-2-9-27)19(28)24-12-13-11-16(26-25-13)17-7-4-10-29-17;1-2/h3-7,10-11H,1-2,8-9,12H2,(H,24,28)(H,25,26);1-2H3. The molecule has 1 aromatic carbocycles. The molecule has 1 amide bonds. The highest BCUT2D eigenvalue weighted by atomic mass is 32.1. The third-order valence-corrected chi connectivity index (χ3v) is 5.74. The average molecular weight is 451 g/mol. The van der Waals surface area contributed by atoms with Crippen LogP contribution < -0.4 is 10.2 Å². The molecule has 2 N–H and O–H groups in total. The molecule has 0 saturated carbocycles. The van der Waals surface area contributed by atoms with Crippen molar-refractivity contribution < 1.29 is 18.0 Å². The topological polar surface area (TPSA) is 61.0 Å². The van der Waals surface area contributed by atoms with Crippen molar-refractivity contribution in [3.63, 3.8) is 0 Å². The Bertz CT molecular complexity index is 993. The first-order valence-electron chi connectivity index (χ1n) is 10.2. The fourth-order valence-electron chi connectivity index (χ4n) is 3.51. The van der Waals surface area contributed by atoms with E-state index in [0.717, 1.165) is 29.5 Å². The number of alkyl halides is 3. The summed E-state index contributed by atoms with van der Waals surface area (Å²) in [5, 5.41) is 11.7. The minimum atomic E-state index is -4.52. The van der Waals surface area contributed by atoms with Crippen molar-refractivity contribution in [3.05, 3.63) is 58.6 Å². The summed E-state index contributed by atoms with van der Waals surface area (Å²) in [5.74, 6) is -0.537. The van der Waals surface area contributed by atoms with E-state index in [1.54, 1.807) is 16.2 Å². The van der Waals surface area contributed by atoms with Gasteiger partial charge in [0.05, 0.1) is 33.9 Å². The molecule has 4 rings (SSSR count). The summed E-state index contributed by atoms with van der Waals surface area (Å²) in [6, 6.07) is 9.44. The summed E-state index contributed by atoms with van der Waals surface area (Å²) in [7, 11) is 0. The molecule has 1 aliphatic rings. The van der Waals surface area contributed by atoms with E-state index >= 15 is 0 Å². The number of carbonyl (C=O) groups excluding carboxylic acids is 1. The zero-order valence-electron chi connectivity index (χ0n) is 17.4. The molecular formula is C22H25F3N4OS. The second-order valence-electron chi connectivity index (χ2n) is 6.83. The first kappa shape index (κ1) is 22.9. The number of nitrogens with zero attached hydrogens (tertiary/aromatic N) is 2. The molecule has 0 bridgehead atoms. The number of hydrogen-bond acceptors (Lipinski definition) is 4. The molecule has 0 radical (unpaired) electrons. The molecule has 1 aliphatic heterocycles. The van der Waals surface area contributed by atoms with Gasteiger partial charge in [0, 0.05) is 13.1 Å². The van der Waals surface area contributed by atoms with Crippen LogP contribution in [0.3, 0.4) is 0 Å². The van der Waals surface area contributed by atoms with E-state index in [1.165, 1.54) is 12.1 Å². The lowest BCUT2D eigenvalue weighted by molar-refractivity contribution is -0.137. The Balaban J connectivity index is 0.00000132. The number of carbonyl (C=O) groups is 1. The number of anilines is 1. The molecule has 3 aromatic rings. The lowest BCUT2D eigenvalue weighted by Crippen LogP contribution is -2.29. The fourth-order valence-corrected chi connectivity index (χ4v) is 4.20. The fraction of sp³-hybridized carbons (Fsp3) is 0.364. The number of halogens is 3. The van der Waals surface area contributed by atoms with Gasteiger partial charge < -0.3 is 10.2 Å². The third kappa shape index (κ3) is 5.28. The number of aromatic amines is 1. The Kier molecular flexibility index (Phi) is 7.37. The minimum Gasteiger partial charge on any atom is -0.370 e. The molecule has 3 heterocycles. The van der Waals surface area contributed by atoms with Gasteiger partial charge in [-0.25, -0.2) is 0 Å². The van der Waals surface area contributed by atoms with Gasteiger partial charge in [-0.1, -0.05) is 26.0 Å². The molecule has 2 aromatic heterocycles. The van der Waals surface area contributed by atoms with E-state index in [1.807, 2.05) is 37.4 Å². The molecule has 9 heteroatoms. The Morgan fingerprint density at radius 1 is 1.19 bits per heavy atom. The first-order valence-corrected chi connectivity index (χ1v) is 11.1. The van der Waals surface area contributed by atoms with Gasteiger partial charge in [-0.3, -0.25) is 9.89 Å². The molecule has 0 unspecified atom stereocenters. The number of H-pyrrole nitrogens is 1. The quantitative estimate of drug-likeness (QED) is 0.523. The van der Waals surface area contributed by atoms with Gasteiger partial charge in [0.15, 0.2) is 0 Å². The summed E-state index contributed by atoms with van der Waals surface area (Å²) >= 11 is 1.55. The lowest BCUT2D eigenvalue weighted by Gasteiger charge is -2.25. The number of hydrogen-bond donors (Lipinski definition) is 2. The number of aromatic nitrogens is 2. The van der Waals surface area contributed by atoms with E-state index in [4.69, 9.17) is 0 Å². The molecular weight excluding hydrogens is 425 g/mol. The Hall–Kier alpha value is -2.81. The maximum Gasteiger partial charge on any atom is 0.418 e. The second-order valence-corrected chi connectivity index (χ2v) is 7.78. The van der Waals surface area contributed by atoms with Crippen molar-refractivity contribution in [2.75, 3.05) is 18.0 Å². The van der Waals surface area contributed by atoms with Gasteiger partial charge in [-0.15, -0.1) is 11.3 Å². The number of para-hydroxylation sites is 1. The highest BCUT2D eigenvalue weighted by Gasteiger charge is 2.37. The van der Waals surface area contributed by atoms with Crippen LogP contribution in [0.25, 0.3) is 10.6 Å². The van der Waals surface area contributed by atoms with E-state index in [-0.39, 0.29) is 17.8 Å². The monoisotopic (exact) mass is 450 g/mol. The number of thiophene rings is 1. The zero-order valence-corrected chi connectivity index (χ0v) is 18.2. The van der Waals surface area contributed by atoms with Crippen molar-refractivity contribution >= 4 is 22.9 Å². The van der Waals surface area contributed by atoms with Gasteiger partial charge >= 0.3 is 6.18 Å². The van der Waals surface area contributed by atoms with Crippen LogP contribution in [0.4, 0.5) is 18.9 Å². The van der Waals surface area contributed by atoms with E-state index in [9.17, 15) is 18.0 Å². The lowest BCUT2D eigenvalue weighted by atomic mass is 10.0. The number of rotatable bonds is 5. The summed E-state index contributed by atoms with van der Waals surface area (Å²) in [5.41, 5.74) is 0.685. The number of nitrogens with one attached hydrogen (secondary N) is 2. The largest absolute Gasteiger partial charge is 0.418 e. The van der Waals surface area contributed by atoms with Crippen molar-refractivity contribution in [1.29, 1.82) is 0 Å². The van der Waals surface area contributed by atoms with Gasteiger partial charge in [0.2, 0.25) is 0 Å². The Labute approximate surface area is 183 Å². The zero-order chi connectivity index (χ0) is 22.4. The van der Waals surface area contributed by atoms with Crippen molar-refractivity contribution in [2.24, 2.45) is 0 Å². The van der Waals surface area contributed by atoms with Crippen molar-refractivity contribution in [1.82, 2.24) is 15.5 Å². The molecule has 0 spiro atoms. The molecule has 1 fully saturated rings. The van der Waals surface area contributed by atoms with Crippen LogP contribution >= 0.6 is 11.3 Å². The highest BCUT2D eigenvalue weighted by Crippen LogP contribution is 2.39. The van der Waals surface area contributed by atoms with Crippen molar-refractivity contribution in [3.8, 4) is 10.6 Å². The van der Waals surface area contributed by atoms with Crippen LogP contribution in [0.1, 0.15) is 48.3 Å². The number of benzene rings is 1. The van der Waals surface area contributed by atoms with Crippen LogP contribution in [0.2, 0.25) is 0 Å². The second kappa shape index (κ2) is 10.00. The maximum atomic E-state index is 13.6. The van der Waals surface area contributed by atoms with E-state index in [0.29, 0.717) is 18.8 Å². The molecule has 166 valence electrons. The molecule has 0 aliphatic carbocycles. The van der Waals surface area contributed by atoms with E-state index < -0.39 is 17.6 Å². The van der Waals surface area contributed by atoms with Gasteiger partial charge in [-0.2, -0.15) is 18.3 Å².